The predicted octanol–water partition coefficient (Wildman–Crippen LogP) is 0.536. The van der Waals surface area contributed by atoms with Gasteiger partial charge in [-0.2, -0.15) is 11.8 Å². The molecule has 1 aliphatic rings. The van der Waals surface area contributed by atoms with Gasteiger partial charge in [0.05, 0.1) is 18.1 Å². The van der Waals surface area contributed by atoms with E-state index < -0.39 is 8.80 Å². The van der Waals surface area contributed by atoms with E-state index in [1.54, 1.807) is 33.1 Å². The zero-order valence-electron chi connectivity index (χ0n) is 8.24. The van der Waals surface area contributed by atoms with Crippen LogP contribution in [-0.4, -0.2) is 54.0 Å². The monoisotopic (exact) mass is 224 g/mol. The molecule has 1 heterocycles. The standard InChI is InChI=1S/C7H16O4SSi/c1-8-13(9-2,10-3)6-12-5-7-4-11-7/h7H,4-6H2,1-3H3. The molecule has 0 amide bonds. The summed E-state index contributed by atoms with van der Waals surface area (Å²) in [6, 6.07) is 0. The maximum absolute atomic E-state index is 5.27. The Morgan fingerprint density at radius 1 is 1.31 bits per heavy atom. The lowest BCUT2D eigenvalue weighted by Crippen LogP contribution is -2.46. The lowest BCUT2D eigenvalue weighted by atomic mass is 10.6. The average Bonchev–Trinajstić information content (AvgIpc) is 2.97. The third kappa shape index (κ3) is 3.57. The normalized spacial score (nSPS) is 21.9. The van der Waals surface area contributed by atoms with Crippen LogP contribution in [0.2, 0.25) is 0 Å². The van der Waals surface area contributed by atoms with Gasteiger partial charge in [0.2, 0.25) is 0 Å². The van der Waals surface area contributed by atoms with Crippen molar-refractivity contribution in [2.75, 3.05) is 39.1 Å². The van der Waals surface area contributed by atoms with Crippen LogP contribution in [-0.2, 0) is 18.0 Å². The van der Waals surface area contributed by atoms with E-state index in [0.717, 1.165) is 17.7 Å². The van der Waals surface area contributed by atoms with Gasteiger partial charge in [0.25, 0.3) is 0 Å². The van der Waals surface area contributed by atoms with E-state index in [2.05, 4.69) is 0 Å². The van der Waals surface area contributed by atoms with Crippen molar-refractivity contribution in [1.29, 1.82) is 0 Å². The number of rotatable bonds is 7. The van der Waals surface area contributed by atoms with E-state index in [1.165, 1.54) is 0 Å². The quantitative estimate of drug-likeness (QED) is 0.466. The molecule has 0 N–H and O–H groups in total. The summed E-state index contributed by atoms with van der Waals surface area (Å²) in [5, 5.41) is 0.788. The zero-order valence-corrected chi connectivity index (χ0v) is 10.1. The molecule has 1 saturated heterocycles. The van der Waals surface area contributed by atoms with Crippen molar-refractivity contribution in [3.63, 3.8) is 0 Å². The van der Waals surface area contributed by atoms with Gasteiger partial charge in [-0.15, -0.1) is 0 Å². The van der Waals surface area contributed by atoms with Crippen molar-refractivity contribution in [3.05, 3.63) is 0 Å². The molecule has 0 spiro atoms. The molecule has 1 unspecified atom stereocenters. The average molecular weight is 224 g/mol. The Balaban J connectivity index is 2.19. The van der Waals surface area contributed by atoms with Gasteiger partial charge in [0.1, 0.15) is 0 Å². The minimum Gasteiger partial charge on any atom is -0.376 e. The van der Waals surface area contributed by atoms with Gasteiger partial charge >= 0.3 is 8.80 Å². The van der Waals surface area contributed by atoms with E-state index in [4.69, 9.17) is 18.0 Å². The lowest BCUT2D eigenvalue weighted by Gasteiger charge is -2.23. The van der Waals surface area contributed by atoms with Crippen LogP contribution in [0.1, 0.15) is 0 Å². The van der Waals surface area contributed by atoms with Gasteiger partial charge in [0, 0.05) is 27.1 Å². The van der Waals surface area contributed by atoms with Crippen molar-refractivity contribution in [2.45, 2.75) is 6.10 Å². The highest BCUT2D eigenvalue weighted by Gasteiger charge is 2.38. The van der Waals surface area contributed by atoms with Crippen LogP contribution in [0.25, 0.3) is 0 Å². The number of hydrogen-bond acceptors (Lipinski definition) is 5. The summed E-state index contributed by atoms with van der Waals surface area (Å²) in [5.74, 6) is 1.00. The van der Waals surface area contributed by atoms with E-state index in [-0.39, 0.29) is 0 Å². The molecule has 0 aliphatic carbocycles. The van der Waals surface area contributed by atoms with Crippen LogP contribution in [0, 0.1) is 0 Å². The second kappa shape index (κ2) is 5.33. The molecule has 1 atom stereocenters. The molecule has 1 aliphatic heterocycles. The van der Waals surface area contributed by atoms with E-state index in [0.29, 0.717) is 6.10 Å². The number of epoxide rings is 1. The first-order valence-corrected chi connectivity index (χ1v) is 7.20. The molecule has 0 saturated carbocycles. The van der Waals surface area contributed by atoms with Gasteiger partial charge < -0.3 is 18.0 Å². The Hall–Kier alpha value is 0.407. The minimum atomic E-state index is -2.35. The van der Waals surface area contributed by atoms with Crippen LogP contribution in [0.3, 0.4) is 0 Å². The van der Waals surface area contributed by atoms with Crippen LogP contribution in [0.15, 0.2) is 0 Å². The predicted molar refractivity (Wildman–Crippen MR) is 53.8 cm³/mol. The summed E-state index contributed by atoms with van der Waals surface area (Å²) >= 11 is 1.77. The second-order valence-corrected chi connectivity index (χ2v) is 7.25. The Bertz CT molecular complexity index is 141. The van der Waals surface area contributed by atoms with Gasteiger partial charge in [-0.1, -0.05) is 0 Å². The molecule has 1 fully saturated rings. The number of thioether (sulfide) groups is 1. The third-order valence-electron chi connectivity index (χ3n) is 1.92. The van der Waals surface area contributed by atoms with Gasteiger partial charge in [0.15, 0.2) is 0 Å². The molecular formula is C7H16O4SSi. The first-order chi connectivity index (χ1) is 6.26. The van der Waals surface area contributed by atoms with Crippen molar-refractivity contribution in [3.8, 4) is 0 Å². The summed E-state index contributed by atoms with van der Waals surface area (Å²) in [6.07, 6.45) is 0.447. The van der Waals surface area contributed by atoms with Gasteiger partial charge in [-0.25, -0.2) is 0 Å². The molecular weight excluding hydrogens is 208 g/mol. The van der Waals surface area contributed by atoms with Crippen molar-refractivity contribution >= 4 is 20.6 Å². The topological polar surface area (TPSA) is 40.2 Å². The van der Waals surface area contributed by atoms with Gasteiger partial charge in [-0.3, -0.25) is 0 Å². The number of hydrogen-bond donors (Lipinski definition) is 0. The fourth-order valence-electron chi connectivity index (χ4n) is 0.906. The first kappa shape index (κ1) is 11.5. The molecule has 0 bridgehead atoms. The molecule has 1 rings (SSSR count). The van der Waals surface area contributed by atoms with Crippen molar-refractivity contribution in [2.24, 2.45) is 0 Å². The Labute approximate surface area is 84.3 Å². The SMILES string of the molecule is CO[Si](CSCC1CO1)(OC)OC. The molecule has 0 aromatic heterocycles. The maximum atomic E-state index is 5.27. The van der Waals surface area contributed by atoms with E-state index >= 15 is 0 Å². The second-order valence-electron chi connectivity index (χ2n) is 2.77. The van der Waals surface area contributed by atoms with Crippen LogP contribution in [0.5, 0.6) is 0 Å². The number of ether oxygens (including phenoxy) is 1. The van der Waals surface area contributed by atoms with Gasteiger partial charge in [-0.05, 0) is 0 Å². The fraction of sp³-hybridized carbons (Fsp3) is 1.00. The molecule has 0 aromatic rings. The maximum Gasteiger partial charge on any atom is 0.510 e. The largest absolute Gasteiger partial charge is 0.510 e. The van der Waals surface area contributed by atoms with E-state index in [9.17, 15) is 0 Å². The lowest BCUT2D eigenvalue weighted by molar-refractivity contribution is 0.130. The fourth-order valence-corrected chi connectivity index (χ4v) is 4.75. The molecule has 78 valence electrons. The van der Waals surface area contributed by atoms with E-state index in [1.807, 2.05) is 0 Å². The minimum absolute atomic E-state index is 0.447. The van der Waals surface area contributed by atoms with Crippen LogP contribution in [0.4, 0.5) is 0 Å². The summed E-state index contributed by atoms with van der Waals surface area (Å²) < 4.78 is 20.9. The highest BCUT2D eigenvalue weighted by molar-refractivity contribution is 8.00. The highest BCUT2D eigenvalue weighted by atomic mass is 32.2. The zero-order chi connectivity index (χ0) is 9.73. The Kier molecular flexibility index (Phi) is 4.71. The van der Waals surface area contributed by atoms with Crippen LogP contribution >= 0.6 is 11.8 Å². The highest BCUT2D eigenvalue weighted by Crippen LogP contribution is 2.20. The smallest absolute Gasteiger partial charge is 0.376 e. The Morgan fingerprint density at radius 3 is 2.23 bits per heavy atom. The Morgan fingerprint density at radius 2 is 1.85 bits per heavy atom. The molecule has 6 heteroatoms. The summed E-state index contributed by atoms with van der Waals surface area (Å²) in [6.45, 7) is 0.897. The third-order valence-corrected chi connectivity index (χ3v) is 6.62. The summed E-state index contributed by atoms with van der Waals surface area (Å²) in [4.78, 5) is 0. The van der Waals surface area contributed by atoms with Crippen molar-refractivity contribution < 1.29 is 18.0 Å². The first-order valence-electron chi connectivity index (χ1n) is 4.11. The van der Waals surface area contributed by atoms with Crippen molar-refractivity contribution in [1.82, 2.24) is 0 Å². The molecule has 4 nitrogen and oxygen atoms in total. The van der Waals surface area contributed by atoms with Crippen LogP contribution < -0.4 is 0 Å². The molecule has 0 radical (unpaired) electrons. The summed E-state index contributed by atoms with van der Waals surface area (Å²) in [5.41, 5.74) is 0. The molecule has 13 heavy (non-hydrogen) atoms. The molecule has 0 aromatic carbocycles. The summed E-state index contributed by atoms with van der Waals surface area (Å²) in [7, 11) is 2.55.